The number of aryl methyl sites for hydroxylation is 1. The van der Waals surface area contributed by atoms with Crippen molar-refractivity contribution in [3.63, 3.8) is 0 Å². The van der Waals surface area contributed by atoms with Gasteiger partial charge < -0.3 is 14.2 Å². The molecular weight excluding hydrogens is 668 g/mol. The van der Waals surface area contributed by atoms with Gasteiger partial charge in [-0.1, -0.05) is 55.8 Å². The van der Waals surface area contributed by atoms with Gasteiger partial charge in [0, 0.05) is 21.2 Å². The molecule has 1 heterocycles. The third kappa shape index (κ3) is 6.50. The van der Waals surface area contributed by atoms with E-state index in [4.69, 9.17) is 30.8 Å². The number of hydrogen-bond donors (Lipinski definition) is 0. The number of nitriles is 1. The summed E-state index contributed by atoms with van der Waals surface area (Å²) in [7, 11) is 1.51. The first-order valence-electron chi connectivity index (χ1n) is 14.7. The molecule has 1 aromatic heterocycles. The van der Waals surface area contributed by atoms with Gasteiger partial charge in [-0.3, -0.25) is 4.79 Å². The van der Waals surface area contributed by atoms with Gasteiger partial charge in [-0.05, 0) is 83.2 Å². The number of hydrogen-bond acceptors (Lipinski definition) is 7. The molecule has 0 N–H and O–H groups in total. The van der Waals surface area contributed by atoms with E-state index in [-0.39, 0.29) is 23.1 Å². The molecule has 0 aliphatic carbocycles. The molecule has 0 aliphatic heterocycles. The van der Waals surface area contributed by atoms with Crippen LogP contribution in [-0.2, 0) is 6.61 Å². The molecule has 0 radical (unpaired) electrons. The number of halogens is 2. The van der Waals surface area contributed by atoms with Gasteiger partial charge >= 0.3 is 0 Å². The second-order valence-electron chi connectivity index (χ2n) is 10.8. The van der Waals surface area contributed by atoms with Crippen molar-refractivity contribution in [3.8, 4) is 34.7 Å². The summed E-state index contributed by atoms with van der Waals surface area (Å²) in [5, 5.41) is 14.8. The van der Waals surface area contributed by atoms with Crippen molar-refractivity contribution >= 4 is 44.6 Å². The fourth-order valence-electron chi connectivity index (χ4n) is 5.09. The number of ether oxygens (including phenoxy) is 3. The molecule has 0 fully saturated rings. The molecule has 0 unspecified atom stereocenters. The van der Waals surface area contributed by atoms with E-state index in [1.54, 1.807) is 30.3 Å². The van der Waals surface area contributed by atoms with Gasteiger partial charge in [-0.2, -0.15) is 15.0 Å². The standard InChI is InChI=1S/C36H32BrClN4O4/c1-6-45-30-15-22(4)28(17-27(30)21(2)3)35-41-29-14-10-9-13-26(29)36(43)42(35)40-19-25-16-31(44-5)34(33(38)32(25)37)46-20-24-12-8-7-11-23(24)18-39/h7-17,19,21H,6,20H2,1-5H3. The molecule has 0 aliphatic rings. The highest BCUT2D eigenvalue weighted by molar-refractivity contribution is 9.10. The highest BCUT2D eigenvalue weighted by Crippen LogP contribution is 2.42. The number of methoxy groups -OCH3 is 1. The Labute approximate surface area is 281 Å². The molecule has 8 nitrogen and oxygen atoms in total. The van der Waals surface area contributed by atoms with Crippen LogP contribution in [0.1, 0.15) is 54.5 Å². The maximum atomic E-state index is 13.9. The Balaban J connectivity index is 1.62. The number of para-hydroxylation sites is 1. The largest absolute Gasteiger partial charge is 0.494 e. The molecule has 0 saturated heterocycles. The van der Waals surface area contributed by atoms with Crippen LogP contribution in [-0.4, -0.2) is 29.6 Å². The minimum atomic E-state index is -0.318. The van der Waals surface area contributed by atoms with Crippen molar-refractivity contribution in [2.75, 3.05) is 13.7 Å². The Morgan fingerprint density at radius 1 is 1.09 bits per heavy atom. The highest BCUT2D eigenvalue weighted by Gasteiger charge is 2.20. The number of benzene rings is 4. The summed E-state index contributed by atoms with van der Waals surface area (Å²) >= 11 is 10.4. The molecule has 0 atom stereocenters. The molecule has 0 spiro atoms. The van der Waals surface area contributed by atoms with E-state index in [1.807, 2.05) is 50.2 Å². The summed E-state index contributed by atoms with van der Waals surface area (Å²) in [5.41, 5.74) is 4.68. The van der Waals surface area contributed by atoms with Crippen molar-refractivity contribution in [1.29, 1.82) is 5.26 Å². The van der Waals surface area contributed by atoms with Crippen LogP contribution in [0.15, 0.2) is 81.1 Å². The Morgan fingerprint density at radius 3 is 2.54 bits per heavy atom. The van der Waals surface area contributed by atoms with E-state index in [9.17, 15) is 10.1 Å². The topological polar surface area (TPSA) is 98.7 Å². The zero-order valence-corrected chi connectivity index (χ0v) is 28.4. The lowest BCUT2D eigenvalue weighted by Gasteiger charge is -2.18. The fourth-order valence-corrected chi connectivity index (χ4v) is 5.74. The minimum Gasteiger partial charge on any atom is -0.494 e. The van der Waals surface area contributed by atoms with E-state index >= 15 is 0 Å². The summed E-state index contributed by atoms with van der Waals surface area (Å²) in [5.74, 6) is 2.04. The summed E-state index contributed by atoms with van der Waals surface area (Å²) in [4.78, 5) is 18.8. The van der Waals surface area contributed by atoms with Crippen LogP contribution in [0.4, 0.5) is 0 Å². The van der Waals surface area contributed by atoms with Gasteiger partial charge in [-0.25, -0.2) is 4.98 Å². The van der Waals surface area contributed by atoms with Crippen molar-refractivity contribution in [2.24, 2.45) is 5.10 Å². The van der Waals surface area contributed by atoms with Crippen LogP contribution in [0.2, 0.25) is 5.02 Å². The zero-order valence-electron chi connectivity index (χ0n) is 26.1. The monoisotopic (exact) mass is 698 g/mol. The maximum Gasteiger partial charge on any atom is 0.282 e. The third-order valence-electron chi connectivity index (χ3n) is 7.47. The van der Waals surface area contributed by atoms with Gasteiger partial charge in [0.2, 0.25) is 0 Å². The minimum absolute atomic E-state index is 0.112. The first-order valence-corrected chi connectivity index (χ1v) is 15.9. The van der Waals surface area contributed by atoms with Gasteiger partial charge in [0.05, 0.1) is 42.5 Å². The molecule has 0 amide bonds. The second kappa shape index (κ2) is 14.2. The molecule has 5 aromatic rings. The van der Waals surface area contributed by atoms with Crippen LogP contribution in [0.5, 0.6) is 17.2 Å². The van der Waals surface area contributed by atoms with E-state index in [0.29, 0.717) is 56.0 Å². The Morgan fingerprint density at radius 2 is 1.83 bits per heavy atom. The van der Waals surface area contributed by atoms with Gasteiger partial charge in [0.1, 0.15) is 17.4 Å². The summed E-state index contributed by atoms with van der Waals surface area (Å²) in [6, 6.07) is 22.3. The average Bonchev–Trinajstić information content (AvgIpc) is 3.05. The van der Waals surface area contributed by atoms with Gasteiger partial charge in [-0.15, -0.1) is 0 Å². The van der Waals surface area contributed by atoms with E-state index < -0.39 is 0 Å². The van der Waals surface area contributed by atoms with E-state index in [2.05, 4.69) is 40.9 Å². The van der Waals surface area contributed by atoms with Crippen LogP contribution in [0.3, 0.4) is 0 Å². The zero-order chi connectivity index (χ0) is 33.0. The number of fused-ring (bicyclic) bond motifs is 1. The third-order valence-corrected chi connectivity index (χ3v) is 8.91. The Bertz CT molecular complexity index is 2070. The smallest absolute Gasteiger partial charge is 0.282 e. The van der Waals surface area contributed by atoms with Crippen LogP contribution < -0.4 is 19.8 Å². The molecule has 5 rings (SSSR count). The fraction of sp³-hybridized carbons (Fsp3) is 0.222. The second-order valence-corrected chi connectivity index (χ2v) is 12.0. The summed E-state index contributed by atoms with van der Waals surface area (Å²) in [6.07, 6.45) is 1.53. The van der Waals surface area contributed by atoms with Crippen LogP contribution in [0.25, 0.3) is 22.3 Å². The van der Waals surface area contributed by atoms with E-state index in [1.165, 1.54) is 18.0 Å². The van der Waals surface area contributed by atoms with Crippen molar-refractivity contribution in [3.05, 3.63) is 114 Å². The average molecular weight is 700 g/mol. The Hall–Kier alpha value is -4.65. The number of aromatic nitrogens is 2. The quantitative estimate of drug-likeness (QED) is 0.135. The van der Waals surface area contributed by atoms with Gasteiger partial charge in [0.25, 0.3) is 5.56 Å². The van der Waals surface area contributed by atoms with Crippen molar-refractivity contribution < 1.29 is 14.2 Å². The molecule has 0 saturated carbocycles. The normalized spacial score (nSPS) is 11.3. The predicted molar refractivity (Wildman–Crippen MR) is 186 cm³/mol. The lowest BCUT2D eigenvalue weighted by molar-refractivity contribution is 0.284. The first kappa shape index (κ1) is 32.7. The SMILES string of the molecule is CCOc1cc(C)c(-c2nc3ccccc3c(=O)n2N=Cc2cc(OC)c(OCc3ccccc3C#N)c(Cl)c2Br)cc1C(C)C. The molecule has 0 bridgehead atoms. The molecule has 46 heavy (non-hydrogen) atoms. The van der Waals surface area contributed by atoms with Crippen LogP contribution in [0, 0.1) is 18.3 Å². The summed E-state index contributed by atoms with van der Waals surface area (Å²) in [6.45, 7) is 8.77. The highest BCUT2D eigenvalue weighted by atomic mass is 79.9. The maximum absolute atomic E-state index is 13.9. The summed E-state index contributed by atoms with van der Waals surface area (Å²) < 4.78 is 19.4. The molecule has 10 heteroatoms. The number of rotatable bonds is 10. The van der Waals surface area contributed by atoms with Crippen LogP contribution >= 0.6 is 27.5 Å². The Kier molecular flexibility index (Phi) is 10.1. The lowest BCUT2D eigenvalue weighted by Crippen LogP contribution is -2.21. The molecule has 4 aromatic carbocycles. The van der Waals surface area contributed by atoms with Gasteiger partial charge in [0.15, 0.2) is 17.3 Å². The lowest BCUT2D eigenvalue weighted by atomic mass is 9.96. The first-order chi connectivity index (χ1) is 22.2. The van der Waals surface area contributed by atoms with Crippen molar-refractivity contribution in [1.82, 2.24) is 9.66 Å². The number of nitrogens with zero attached hydrogens (tertiary/aromatic N) is 4. The molecule has 234 valence electrons. The molecular formula is C36H32BrClN4O4. The predicted octanol–water partition coefficient (Wildman–Crippen LogP) is 8.65. The van der Waals surface area contributed by atoms with E-state index in [0.717, 1.165) is 22.4 Å². The van der Waals surface area contributed by atoms with Crippen molar-refractivity contribution in [2.45, 2.75) is 40.2 Å².